The van der Waals surface area contributed by atoms with Crippen molar-refractivity contribution in [3.8, 4) is 0 Å². The Bertz CT molecular complexity index is 63.4. The summed E-state index contributed by atoms with van der Waals surface area (Å²) in [5.74, 6) is -0.693. The molecule has 0 saturated carbocycles. The molecule has 0 fully saturated rings. The van der Waals surface area contributed by atoms with Crippen molar-refractivity contribution in [2.24, 2.45) is 0 Å². The number of aliphatic carboxylic acids is 1. The summed E-state index contributed by atoms with van der Waals surface area (Å²) in [5.41, 5.74) is 0. The van der Waals surface area contributed by atoms with Gasteiger partial charge in [0, 0.05) is 6.42 Å². The fourth-order valence-corrected chi connectivity index (χ4v) is 0.328. The Balaban J connectivity index is 0. The molecule has 0 aromatic carbocycles. The molecule has 3 heteroatoms. The van der Waals surface area contributed by atoms with Crippen molar-refractivity contribution in [3.63, 3.8) is 0 Å². The van der Waals surface area contributed by atoms with Gasteiger partial charge in [0.05, 0.1) is 0 Å². The molecule has 8 heavy (non-hydrogen) atoms. The van der Waals surface area contributed by atoms with Crippen molar-refractivity contribution in [2.45, 2.75) is 26.2 Å². The second-order valence-electron chi connectivity index (χ2n) is 1.50. The molecule has 0 spiro atoms. The van der Waals surface area contributed by atoms with E-state index < -0.39 is 5.97 Å². The first-order valence-electron chi connectivity index (χ1n) is 2.49. The summed E-state index contributed by atoms with van der Waals surface area (Å²) in [6.07, 6.45) is 2.08. The normalized spacial score (nSPS) is 7.62. The first-order valence-corrected chi connectivity index (χ1v) is 2.49. The molecule has 1 N–H and O–H groups in total. The van der Waals surface area contributed by atoms with Gasteiger partial charge in [-0.25, -0.2) is 0 Å². The fourth-order valence-electron chi connectivity index (χ4n) is 0.328. The van der Waals surface area contributed by atoms with Crippen LogP contribution >= 0.6 is 0 Å². The number of carboxylic acid groups (broad SMARTS) is 1. The van der Waals surface area contributed by atoms with Crippen molar-refractivity contribution in [1.82, 2.24) is 0 Å². The predicted molar refractivity (Wildman–Crippen MR) is 35.7 cm³/mol. The Morgan fingerprint density at radius 3 is 2.25 bits per heavy atom. The van der Waals surface area contributed by atoms with Crippen molar-refractivity contribution in [1.29, 1.82) is 0 Å². The van der Waals surface area contributed by atoms with Gasteiger partial charge in [-0.05, 0) is 6.42 Å². The summed E-state index contributed by atoms with van der Waals surface area (Å²) in [7, 11) is 0. The predicted octanol–water partition coefficient (Wildman–Crippen LogP) is 0.345. The summed E-state index contributed by atoms with van der Waals surface area (Å²) in [6, 6.07) is 0. The third-order valence-corrected chi connectivity index (χ3v) is 0.744. The Labute approximate surface area is 66.2 Å². The number of hydrogen-bond donors (Lipinski definition) is 1. The zero-order valence-corrected chi connectivity index (χ0v) is 9.22. The summed E-state index contributed by atoms with van der Waals surface area (Å²) < 4.78 is 0. The van der Waals surface area contributed by atoms with Crippen molar-refractivity contribution in [2.75, 3.05) is 0 Å². The van der Waals surface area contributed by atoms with Crippen LogP contribution in [0, 0.1) is 0 Å². The third-order valence-electron chi connectivity index (χ3n) is 0.744. The molecule has 0 heterocycles. The summed E-state index contributed by atoms with van der Waals surface area (Å²) in [4.78, 5) is 9.76. The summed E-state index contributed by atoms with van der Waals surface area (Å²) in [6.45, 7) is 1.98. The van der Waals surface area contributed by atoms with Crippen molar-refractivity contribution >= 4 is 29.9 Å². The van der Waals surface area contributed by atoms with Gasteiger partial charge in [-0.1, -0.05) is 13.3 Å². The second kappa shape index (κ2) is 7.27. The molecule has 0 aliphatic rings. The van der Waals surface area contributed by atoms with Gasteiger partial charge in [-0.15, -0.1) is 0 Å². The minimum absolute atomic E-state index is 0. The Morgan fingerprint density at radius 2 is 2.12 bits per heavy atom. The Kier molecular flexibility index (Phi) is 10.1. The van der Waals surface area contributed by atoms with Gasteiger partial charge in [-0.2, -0.15) is 0 Å². The second-order valence-corrected chi connectivity index (χ2v) is 1.50. The zero-order chi connectivity index (χ0) is 5.70. The van der Waals surface area contributed by atoms with Crippen LogP contribution in [0.1, 0.15) is 26.2 Å². The van der Waals surface area contributed by atoms with Gasteiger partial charge in [0.25, 0.3) is 0 Å². The van der Waals surface area contributed by atoms with Crippen LogP contribution in [0.25, 0.3) is 0 Å². The van der Waals surface area contributed by atoms with E-state index in [2.05, 4.69) is 0 Å². The Morgan fingerprint density at radius 1 is 1.62 bits per heavy atom. The van der Waals surface area contributed by atoms with Gasteiger partial charge >= 0.3 is 29.9 Å². The van der Waals surface area contributed by atoms with Crippen molar-refractivity contribution < 1.29 is 9.90 Å². The number of hydrogen-bond acceptors (Lipinski definition) is 1. The summed E-state index contributed by atoms with van der Waals surface area (Å²) in [5, 5.41) is 8.04. The van der Waals surface area contributed by atoms with Gasteiger partial charge in [0.2, 0.25) is 0 Å². The molecule has 48 valence electrons. The zero-order valence-electron chi connectivity index (χ0n) is 5.18. The molecular weight excluding hydrogens is 211 g/mol. The molecule has 2 nitrogen and oxygen atoms in total. The molecule has 0 atom stereocenters. The fraction of sp³-hybridized carbons (Fsp3) is 0.800. The maximum atomic E-state index is 9.76. The topological polar surface area (TPSA) is 37.3 Å². The van der Waals surface area contributed by atoms with Gasteiger partial charge in [0.15, 0.2) is 0 Å². The monoisotopic (exact) mass is 224 g/mol. The third kappa shape index (κ3) is 9.55. The number of carbonyl (C=O) groups is 1. The molecule has 0 saturated heterocycles. The van der Waals surface area contributed by atoms with Crippen LogP contribution < -0.4 is 0 Å². The Hall–Kier alpha value is 0.269. The molecule has 0 amide bonds. The molecule has 0 aliphatic carbocycles. The van der Waals surface area contributed by atoms with E-state index in [1.807, 2.05) is 6.92 Å². The van der Waals surface area contributed by atoms with E-state index in [0.717, 1.165) is 12.8 Å². The average molecular weight is 223 g/mol. The van der Waals surface area contributed by atoms with E-state index in [1.54, 1.807) is 0 Å². The summed E-state index contributed by atoms with van der Waals surface area (Å²) >= 11 is 0. The molecule has 0 aromatic rings. The molecule has 0 aromatic heterocycles. The molecule has 0 bridgehead atoms. The van der Waals surface area contributed by atoms with E-state index >= 15 is 0 Å². The standard InChI is InChI=1S/C5H10O2.Sn.2H/c1-2-3-4-5(6)7;;;/h2-4H2,1H3,(H,6,7);;;. The van der Waals surface area contributed by atoms with Gasteiger partial charge in [0.1, 0.15) is 0 Å². The molecule has 0 unspecified atom stereocenters. The van der Waals surface area contributed by atoms with Crippen LogP contribution in [0.5, 0.6) is 0 Å². The quantitative estimate of drug-likeness (QED) is 0.700. The minimum atomic E-state index is -0.693. The van der Waals surface area contributed by atoms with E-state index in [4.69, 9.17) is 5.11 Å². The van der Waals surface area contributed by atoms with E-state index in [-0.39, 0.29) is 23.9 Å². The molecule has 0 aliphatic heterocycles. The van der Waals surface area contributed by atoms with Crippen LogP contribution in [-0.4, -0.2) is 35.0 Å². The maximum absolute atomic E-state index is 9.76. The number of carboxylic acids is 1. The van der Waals surface area contributed by atoms with Crippen LogP contribution in [0.3, 0.4) is 0 Å². The van der Waals surface area contributed by atoms with Crippen LogP contribution in [-0.2, 0) is 4.79 Å². The van der Waals surface area contributed by atoms with Gasteiger partial charge in [-0.3, -0.25) is 4.79 Å². The molecular formula is C5H12O2Sn. The van der Waals surface area contributed by atoms with E-state index in [9.17, 15) is 4.79 Å². The number of unbranched alkanes of at least 4 members (excludes halogenated alkanes) is 1. The first-order chi connectivity index (χ1) is 3.27. The van der Waals surface area contributed by atoms with E-state index in [1.165, 1.54) is 0 Å². The van der Waals surface area contributed by atoms with Crippen LogP contribution in [0.15, 0.2) is 0 Å². The number of rotatable bonds is 3. The first kappa shape index (κ1) is 11.1. The SMILES string of the molecule is CCCCC(=O)O.[SnH2]. The van der Waals surface area contributed by atoms with Crippen LogP contribution in [0.2, 0.25) is 0 Å². The average Bonchev–Trinajstić information content (AvgIpc) is 1.61. The van der Waals surface area contributed by atoms with E-state index in [0.29, 0.717) is 6.42 Å². The van der Waals surface area contributed by atoms with Crippen LogP contribution in [0.4, 0.5) is 0 Å². The van der Waals surface area contributed by atoms with Gasteiger partial charge < -0.3 is 5.11 Å². The molecule has 2 radical (unpaired) electrons. The van der Waals surface area contributed by atoms with Crippen molar-refractivity contribution in [3.05, 3.63) is 0 Å². The molecule has 0 rings (SSSR count).